The molecule has 1 aliphatic heterocycles. The van der Waals surface area contributed by atoms with Gasteiger partial charge in [-0.1, -0.05) is 18.2 Å². The van der Waals surface area contributed by atoms with Gasteiger partial charge in [0.2, 0.25) is 15.9 Å². The Kier molecular flexibility index (Phi) is 4.66. The summed E-state index contributed by atoms with van der Waals surface area (Å²) < 4.78 is 27.7. The van der Waals surface area contributed by atoms with Crippen LogP contribution in [0.1, 0.15) is 23.9 Å². The van der Waals surface area contributed by atoms with Crippen molar-refractivity contribution in [2.24, 2.45) is 0 Å². The van der Waals surface area contributed by atoms with E-state index in [2.05, 4.69) is 5.10 Å². The van der Waals surface area contributed by atoms with Gasteiger partial charge in [0.05, 0.1) is 11.4 Å². The molecule has 7 nitrogen and oxygen atoms in total. The van der Waals surface area contributed by atoms with Gasteiger partial charge in [-0.3, -0.25) is 9.48 Å². The van der Waals surface area contributed by atoms with Crippen molar-refractivity contribution in [3.63, 3.8) is 0 Å². The highest BCUT2D eigenvalue weighted by molar-refractivity contribution is 7.89. The van der Waals surface area contributed by atoms with Crippen LogP contribution < -0.4 is 4.90 Å². The molecular formula is C18H24N4O3S. The van der Waals surface area contributed by atoms with Crippen LogP contribution in [0.2, 0.25) is 0 Å². The molecule has 0 aliphatic carbocycles. The van der Waals surface area contributed by atoms with E-state index in [9.17, 15) is 13.2 Å². The Hall–Kier alpha value is -2.19. The topological polar surface area (TPSA) is 75.5 Å². The standard InChI is InChI=1S/C18H24N4O3S/c1-12-10-15-8-6-7-9-16(15)22(12)17(23)11-21-14(3)18(13(2)19-21)26(24,25)20(4)5/h6-9,12H,10-11H2,1-5H3/t12-/m0/s1. The summed E-state index contributed by atoms with van der Waals surface area (Å²) in [5.41, 5.74) is 2.95. The third kappa shape index (κ3) is 2.93. The van der Waals surface area contributed by atoms with Gasteiger partial charge < -0.3 is 4.90 Å². The molecule has 0 saturated carbocycles. The first kappa shape index (κ1) is 18.6. The van der Waals surface area contributed by atoms with Crippen molar-refractivity contribution in [3.8, 4) is 0 Å². The van der Waals surface area contributed by atoms with Crippen molar-refractivity contribution in [2.45, 2.75) is 44.7 Å². The van der Waals surface area contributed by atoms with E-state index in [1.54, 1.807) is 18.7 Å². The lowest BCUT2D eigenvalue weighted by atomic mass is 10.1. The molecule has 2 aromatic rings. The van der Waals surface area contributed by atoms with E-state index in [0.29, 0.717) is 11.4 Å². The maximum Gasteiger partial charge on any atom is 0.248 e. The molecule has 3 rings (SSSR count). The predicted octanol–water partition coefficient (Wildman–Crippen LogP) is 1.73. The largest absolute Gasteiger partial charge is 0.307 e. The van der Waals surface area contributed by atoms with E-state index < -0.39 is 10.0 Å². The molecule has 1 aromatic heterocycles. The molecule has 0 bridgehead atoms. The van der Waals surface area contributed by atoms with E-state index >= 15 is 0 Å². The molecule has 140 valence electrons. The third-order valence-corrected chi connectivity index (χ3v) is 6.88. The van der Waals surface area contributed by atoms with Crippen LogP contribution in [0, 0.1) is 13.8 Å². The van der Waals surface area contributed by atoms with Crippen LogP contribution >= 0.6 is 0 Å². The molecule has 26 heavy (non-hydrogen) atoms. The second-order valence-electron chi connectivity index (χ2n) is 6.89. The van der Waals surface area contributed by atoms with Crippen LogP contribution in [-0.2, 0) is 27.8 Å². The number of rotatable bonds is 4. The number of anilines is 1. The predicted molar refractivity (Wildman–Crippen MR) is 99.7 cm³/mol. The average Bonchev–Trinajstić information content (AvgIpc) is 3.03. The summed E-state index contributed by atoms with van der Waals surface area (Å²) in [5.74, 6) is -0.0955. The fourth-order valence-corrected chi connectivity index (χ4v) is 4.80. The molecule has 0 fully saturated rings. The summed E-state index contributed by atoms with van der Waals surface area (Å²) >= 11 is 0. The lowest BCUT2D eigenvalue weighted by molar-refractivity contribution is -0.119. The van der Waals surface area contributed by atoms with E-state index in [1.165, 1.54) is 18.8 Å². The molecule has 0 N–H and O–H groups in total. The Balaban J connectivity index is 1.92. The zero-order chi connectivity index (χ0) is 19.2. The fraction of sp³-hybridized carbons (Fsp3) is 0.444. The minimum Gasteiger partial charge on any atom is -0.307 e. The maximum absolute atomic E-state index is 12.9. The zero-order valence-electron chi connectivity index (χ0n) is 15.7. The van der Waals surface area contributed by atoms with Gasteiger partial charge in [-0.2, -0.15) is 5.10 Å². The number of amides is 1. The van der Waals surface area contributed by atoms with Crippen LogP contribution in [-0.4, -0.2) is 48.5 Å². The number of hydrogen-bond acceptors (Lipinski definition) is 4. The minimum absolute atomic E-state index is 0.00823. The average molecular weight is 376 g/mol. The first-order chi connectivity index (χ1) is 12.1. The lowest BCUT2D eigenvalue weighted by Crippen LogP contribution is -2.38. The first-order valence-electron chi connectivity index (χ1n) is 8.51. The number of nitrogens with zero attached hydrogens (tertiary/aromatic N) is 4. The highest BCUT2D eigenvalue weighted by Gasteiger charge is 2.32. The molecule has 0 spiro atoms. The second-order valence-corrected chi connectivity index (χ2v) is 8.98. The highest BCUT2D eigenvalue weighted by atomic mass is 32.2. The molecule has 0 saturated heterocycles. The number of aromatic nitrogens is 2. The SMILES string of the molecule is Cc1nn(CC(=O)N2c3ccccc3C[C@@H]2C)c(C)c1S(=O)(=O)N(C)C. The van der Waals surface area contributed by atoms with Gasteiger partial charge in [0.15, 0.2) is 0 Å². The van der Waals surface area contributed by atoms with Gasteiger partial charge in [0.1, 0.15) is 11.4 Å². The van der Waals surface area contributed by atoms with Gasteiger partial charge in [-0.05, 0) is 38.8 Å². The van der Waals surface area contributed by atoms with Gasteiger partial charge in [-0.15, -0.1) is 0 Å². The van der Waals surface area contributed by atoms with Gasteiger partial charge >= 0.3 is 0 Å². The van der Waals surface area contributed by atoms with Crippen LogP contribution in [0.25, 0.3) is 0 Å². The summed E-state index contributed by atoms with van der Waals surface area (Å²) in [6.45, 7) is 5.36. The first-order valence-corrected chi connectivity index (χ1v) is 9.95. The molecule has 1 atom stereocenters. The van der Waals surface area contributed by atoms with Crippen LogP contribution in [0.5, 0.6) is 0 Å². The number of carbonyl (C=O) groups is 1. The number of para-hydroxylation sites is 1. The van der Waals surface area contributed by atoms with Gasteiger partial charge in [0.25, 0.3) is 0 Å². The Morgan fingerprint density at radius 3 is 2.58 bits per heavy atom. The molecule has 0 unspecified atom stereocenters. The molecular weight excluding hydrogens is 352 g/mol. The van der Waals surface area contributed by atoms with Crippen LogP contribution in [0.4, 0.5) is 5.69 Å². The monoisotopic (exact) mass is 376 g/mol. The summed E-state index contributed by atoms with van der Waals surface area (Å²) in [6, 6.07) is 7.94. The van der Waals surface area contributed by atoms with E-state index in [0.717, 1.165) is 22.0 Å². The Bertz CT molecular complexity index is 963. The molecule has 0 radical (unpaired) electrons. The summed E-state index contributed by atoms with van der Waals surface area (Å²) in [6.07, 6.45) is 0.819. The fourth-order valence-electron chi connectivity index (χ4n) is 3.54. The van der Waals surface area contributed by atoms with E-state index in [1.807, 2.05) is 31.2 Å². The van der Waals surface area contributed by atoms with Crippen molar-refractivity contribution >= 4 is 21.6 Å². The normalized spacial score (nSPS) is 17.0. The minimum atomic E-state index is -3.61. The van der Waals surface area contributed by atoms with E-state index in [-0.39, 0.29) is 23.4 Å². The molecule has 8 heteroatoms. The number of hydrogen-bond donors (Lipinski definition) is 0. The summed E-state index contributed by atoms with van der Waals surface area (Å²) in [7, 11) is -0.635. The van der Waals surface area contributed by atoms with Crippen molar-refractivity contribution in [3.05, 3.63) is 41.2 Å². The smallest absolute Gasteiger partial charge is 0.248 e. The van der Waals surface area contributed by atoms with E-state index in [4.69, 9.17) is 0 Å². The Morgan fingerprint density at radius 2 is 1.92 bits per heavy atom. The van der Waals surface area contributed by atoms with Crippen molar-refractivity contribution in [1.82, 2.24) is 14.1 Å². The number of sulfonamides is 1. The lowest BCUT2D eigenvalue weighted by Gasteiger charge is -2.23. The second kappa shape index (κ2) is 6.51. The Labute approximate surface area is 154 Å². The molecule has 1 amide bonds. The summed E-state index contributed by atoms with van der Waals surface area (Å²) in [4.78, 5) is 14.9. The summed E-state index contributed by atoms with van der Waals surface area (Å²) in [5, 5.41) is 4.31. The Morgan fingerprint density at radius 1 is 1.27 bits per heavy atom. The van der Waals surface area contributed by atoms with Crippen molar-refractivity contribution in [1.29, 1.82) is 0 Å². The molecule has 1 aliphatic rings. The van der Waals surface area contributed by atoms with Gasteiger partial charge in [0, 0.05) is 25.8 Å². The molecule has 1 aromatic carbocycles. The van der Waals surface area contributed by atoms with Crippen molar-refractivity contribution in [2.75, 3.05) is 19.0 Å². The maximum atomic E-state index is 12.9. The highest BCUT2D eigenvalue weighted by Crippen LogP contribution is 2.32. The number of benzene rings is 1. The van der Waals surface area contributed by atoms with Crippen LogP contribution in [0.3, 0.4) is 0 Å². The number of carbonyl (C=O) groups excluding carboxylic acids is 1. The number of fused-ring (bicyclic) bond motifs is 1. The van der Waals surface area contributed by atoms with Gasteiger partial charge in [-0.25, -0.2) is 12.7 Å². The number of aryl methyl sites for hydroxylation is 1. The zero-order valence-corrected chi connectivity index (χ0v) is 16.5. The molecule has 2 heterocycles. The van der Waals surface area contributed by atoms with Crippen molar-refractivity contribution < 1.29 is 13.2 Å². The van der Waals surface area contributed by atoms with Crippen LogP contribution in [0.15, 0.2) is 29.2 Å². The quantitative estimate of drug-likeness (QED) is 0.814. The third-order valence-electron chi connectivity index (χ3n) is 4.81.